The van der Waals surface area contributed by atoms with E-state index < -0.39 is 0 Å². The Morgan fingerprint density at radius 2 is 1.93 bits per heavy atom. The van der Waals surface area contributed by atoms with Gasteiger partial charge in [0.05, 0.1) is 6.07 Å². The predicted octanol–water partition coefficient (Wildman–Crippen LogP) is 3.72. The maximum atomic E-state index is 8.78. The van der Waals surface area contributed by atoms with E-state index >= 15 is 0 Å². The molecule has 0 heterocycles. The Bertz CT molecular complexity index is 347. The zero-order chi connectivity index (χ0) is 11.3. The molecule has 0 fully saturated rings. The molecule has 0 amide bonds. The Kier molecular flexibility index (Phi) is 4.37. The first-order chi connectivity index (χ1) is 7.15. The lowest BCUT2D eigenvalue weighted by Crippen LogP contribution is -2.12. The minimum absolute atomic E-state index is 0.482. The van der Waals surface area contributed by atoms with Gasteiger partial charge in [-0.2, -0.15) is 5.26 Å². The third-order valence-electron chi connectivity index (χ3n) is 3.04. The molecule has 0 N–H and O–H groups in total. The molecule has 0 spiro atoms. The van der Waals surface area contributed by atoms with E-state index in [1.54, 1.807) is 0 Å². The largest absolute Gasteiger partial charge is 0.198 e. The summed E-state index contributed by atoms with van der Waals surface area (Å²) in [6, 6.07) is 10.7. The summed E-state index contributed by atoms with van der Waals surface area (Å²) in [4.78, 5) is 0. The lowest BCUT2D eigenvalue weighted by Gasteiger charge is -2.18. The van der Waals surface area contributed by atoms with Gasteiger partial charge in [-0.15, -0.1) is 0 Å². The van der Waals surface area contributed by atoms with Gasteiger partial charge in [0, 0.05) is 6.42 Å². The molecular formula is C14H19N. The van der Waals surface area contributed by atoms with Crippen LogP contribution in [0.25, 0.3) is 0 Å². The number of aryl methyl sites for hydroxylation is 1. The minimum atomic E-state index is 0.482. The number of hydrogen-bond donors (Lipinski definition) is 0. The van der Waals surface area contributed by atoms with Crippen LogP contribution in [0.3, 0.4) is 0 Å². The van der Waals surface area contributed by atoms with Gasteiger partial charge in [0.2, 0.25) is 0 Å². The van der Waals surface area contributed by atoms with E-state index in [9.17, 15) is 0 Å². The van der Waals surface area contributed by atoms with Gasteiger partial charge in [-0.25, -0.2) is 0 Å². The van der Waals surface area contributed by atoms with Crippen LogP contribution in [0.4, 0.5) is 0 Å². The standard InChI is InChI=1S/C14H19N/c1-11(2)13(8-9-15)10-14-7-5-4-6-12(14)3/h4-7,11,13H,8,10H2,1-3H3. The SMILES string of the molecule is Cc1ccccc1CC(CC#N)C(C)C. The van der Waals surface area contributed by atoms with Crippen LogP contribution < -0.4 is 0 Å². The Morgan fingerprint density at radius 1 is 1.27 bits per heavy atom. The maximum absolute atomic E-state index is 8.78. The van der Waals surface area contributed by atoms with Crippen LogP contribution in [-0.2, 0) is 6.42 Å². The first kappa shape index (κ1) is 11.8. The number of rotatable bonds is 4. The summed E-state index contributed by atoms with van der Waals surface area (Å²) >= 11 is 0. The first-order valence-corrected chi connectivity index (χ1v) is 5.56. The van der Waals surface area contributed by atoms with Crippen molar-refractivity contribution in [1.82, 2.24) is 0 Å². The Morgan fingerprint density at radius 3 is 2.47 bits per heavy atom. The van der Waals surface area contributed by atoms with Crippen LogP contribution in [0.1, 0.15) is 31.4 Å². The van der Waals surface area contributed by atoms with Crippen molar-refractivity contribution < 1.29 is 0 Å². The van der Waals surface area contributed by atoms with Crippen molar-refractivity contribution in [1.29, 1.82) is 5.26 Å². The van der Waals surface area contributed by atoms with Crippen LogP contribution in [0.5, 0.6) is 0 Å². The second-order valence-corrected chi connectivity index (χ2v) is 4.50. The van der Waals surface area contributed by atoms with E-state index in [1.165, 1.54) is 11.1 Å². The van der Waals surface area contributed by atoms with Crippen LogP contribution >= 0.6 is 0 Å². The van der Waals surface area contributed by atoms with Crippen LogP contribution in [0, 0.1) is 30.1 Å². The molecule has 0 saturated heterocycles. The molecular weight excluding hydrogens is 182 g/mol. The summed E-state index contributed by atoms with van der Waals surface area (Å²) in [7, 11) is 0. The summed E-state index contributed by atoms with van der Waals surface area (Å²) in [5, 5.41) is 8.78. The van der Waals surface area contributed by atoms with E-state index in [4.69, 9.17) is 5.26 Å². The molecule has 0 saturated carbocycles. The van der Waals surface area contributed by atoms with Crippen molar-refractivity contribution in [2.75, 3.05) is 0 Å². The maximum Gasteiger partial charge on any atom is 0.0624 e. The van der Waals surface area contributed by atoms with Gasteiger partial charge in [-0.1, -0.05) is 38.1 Å². The summed E-state index contributed by atoms with van der Waals surface area (Å²) in [6.07, 6.45) is 1.68. The van der Waals surface area contributed by atoms with Crippen molar-refractivity contribution in [2.24, 2.45) is 11.8 Å². The average Bonchev–Trinajstić information content (AvgIpc) is 2.20. The number of nitrogens with zero attached hydrogens (tertiary/aromatic N) is 1. The predicted molar refractivity (Wildman–Crippen MR) is 63.4 cm³/mol. The fraction of sp³-hybridized carbons (Fsp3) is 0.500. The van der Waals surface area contributed by atoms with Crippen molar-refractivity contribution in [3.05, 3.63) is 35.4 Å². The quantitative estimate of drug-likeness (QED) is 0.728. The molecule has 0 bridgehead atoms. The second-order valence-electron chi connectivity index (χ2n) is 4.50. The van der Waals surface area contributed by atoms with Gasteiger partial charge >= 0.3 is 0 Å². The van der Waals surface area contributed by atoms with E-state index in [-0.39, 0.29) is 0 Å². The molecule has 1 rings (SSSR count). The van der Waals surface area contributed by atoms with Crippen molar-refractivity contribution in [3.8, 4) is 6.07 Å². The highest BCUT2D eigenvalue weighted by molar-refractivity contribution is 5.26. The summed E-state index contributed by atoms with van der Waals surface area (Å²) in [5.41, 5.74) is 2.72. The summed E-state index contributed by atoms with van der Waals surface area (Å²) in [5.74, 6) is 1.06. The molecule has 15 heavy (non-hydrogen) atoms. The normalized spacial score (nSPS) is 12.5. The fourth-order valence-corrected chi connectivity index (χ4v) is 1.78. The molecule has 1 nitrogen and oxygen atoms in total. The van der Waals surface area contributed by atoms with Crippen LogP contribution in [0.15, 0.2) is 24.3 Å². The minimum Gasteiger partial charge on any atom is -0.198 e. The number of hydrogen-bond acceptors (Lipinski definition) is 1. The summed E-state index contributed by atoms with van der Waals surface area (Å²) < 4.78 is 0. The topological polar surface area (TPSA) is 23.8 Å². The molecule has 1 aromatic carbocycles. The lowest BCUT2D eigenvalue weighted by molar-refractivity contribution is 0.389. The Labute approximate surface area is 92.7 Å². The second kappa shape index (κ2) is 5.56. The third-order valence-corrected chi connectivity index (χ3v) is 3.04. The lowest BCUT2D eigenvalue weighted by atomic mass is 9.86. The number of nitriles is 1. The van der Waals surface area contributed by atoms with Crippen LogP contribution in [-0.4, -0.2) is 0 Å². The van der Waals surface area contributed by atoms with E-state index in [0.29, 0.717) is 18.3 Å². The van der Waals surface area contributed by atoms with Gasteiger partial charge < -0.3 is 0 Å². The van der Waals surface area contributed by atoms with Crippen molar-refractivity contribution in [2.45, 2.75) is 33.6 Å². The average molecular weight is 201 g/mol. The van der Waals surface area contributed by atoms with Gasteiger partial charge in [0.15, 0.2) is 0 Å². The van der Waals surface area contributed by atoms with Crippen molar-refractivity contribution >= 4 is 0 Å². The highest BCUT2D eigenvalue weighted by atomic mass is 14.3. The monoisotopic (exact) mass is 201 g/mol. The zero-order valence-electron chi connectivity index (χ0n) is 9.83. The molecule has 0 aromatic heterocycles. The van der Waals surface area contributed by atoms with Crippen LogP contribution in [0.2, 0.25) is 0 Å². The Hall–Kier alpha value is -1.29. The highest BCUT2D eigenvalue weighted by Crippen LogP contribution is 2.21. The molecule has 0 aliphatic heterocycles. The highest BCUT2D eigenvalue weighted by Gasteiger charge is 2.14. The fourth-order valence-electron chi connectivity index (χ4n) is 1.78. The first-order valence-electron chi connectivity index (χ1n) is 5.56. The van der Waals surface area contributed by atoms with Gasteiger partial charge in [-0.3, -0.25) is 0 Å². The molecule has 1 atom stereocenters. The zero-order valence-corrected chi connectivity index (χ0v) is 9.83. The molecule has 1 aromatic rings. The molecule has 0 radical (unpaired) electrons. The molecule has 0 aliphatic carbocycles. The number of benzene rings is 1. The molecule has 0 aliphatic rings. The van der Waals surface area contributed by atoms with Gasteiger partial charge in [0.25, 0.3) is 0 Å². The third kappa shape index (κ3) is 3.40. The van der Waals surface area contributed by atoms with E-state index in [2.05, 4.69) is 51.1 Å². The van der Waals surface area contributed by atoms with E-state index in [1.807, 2.05) is 0 Å². The Balaban J connectivity index is 2.75. The van der Waals surface area contributed by atoms with Crippen molar-refractivity contribution in [3.63, 3.8) is 0 Å². The summed E-state index contributed by atoms with van der Waals surface area (Å²) in [6.45, 7) is 6.53. The molecule has 80 valence electrons. The van der Waals surface area contributed by atoms with Gasteiger partial charge in [-0.05, 0) is 36.3 Å². The van der Waals surface area contributed by atoms with Gasteiger partial charge in [0.1, 0.15) is 0 Å². The molecule has 1 unspecified atom stereocenters. The molecule has 1 heteroatoms. The smallest absolute Gasteiger partial charge is 0.0624 e. The van der Waals surface area contributed by atoms with E-state index in [0.717, 1.165) is 6.42 Å².